The molecule has 2 aromatic heterocycles. The van der Waals surface area contributed by atoms with Crippen LogP contribution in [0.25, 0.3) is 0 Å². The van der Waals surface area contributed by atoms with Gasteiger partial charge in [0.25, 0.3) is 5.56 Å². The van der Waals surface area contributed by atoms with E-state index in [4.69, 9.17) is 11.6 Å². The van der Waals surface area contributed by atoms with E-state index >= 15 is 0 Å². The minimum Gasteiger partial charge on any atom is -0.307 e. The number of carbonyl (C=O) groups is 1. The van der Waals surface area contributed by atoms with Crippen molar-refractivity contribution < 1.29 is 4.79 Å². The molecule has 0 fully saturated rings. The molecular formula is C15H13ClN2O2. The third-order valence-electron chi connectivity index (χ3n) is 3.58. The number of ketones is 1. The molecule has 0 aromatic carbocycles. The van der Waals surface area contributed by atoms with Gasteiger partial charge in [-0.1, -0.05) is 17.7 Å². The minimum absolute atomic E-state index is 0.109. The molecule has 0 unspecified atom stereocenters. The monoisotopic (exact) mass is 288 g/mol. The SMILES string of the molecule is O=C1CCCc2c1ccc(=O)n2Cc1cccnc1Cl. The molecule has 3 rings (SSSR count). The molecule has 0 spiro atoms. The Kier molecular flexibility index (Phi) is 3.40. The lowest BCUT2D eigenvalue weighted by molar-refractivity contribution is 0.0970. The first-order valence-electron chi connectivity index (χ1n) is 6.52. The zero-order chi connectivity index (χ0) is 14.1. The van der Waals surface area contributed by atoms with Gasteiger partial charge in [-0.05, 0) is 25.0 Å². The lowest BCUT2D eigenvalue weighted by atomic mass is 9.94. The molecule has 4 nitrogen and oxygen atoms in total. The number of Topliss-reactive ketones (excluding diaryl/α,β-unsaturated/α-hetero) is 1. The number of nitrogens with zero attached hydrogens (tertiary/aromatic N) is 2. The summed E-state index contributed by atoms with van der Waals surface area (Å²) in [5.41, 5.74) is 2.14. The molecule has 1 aliphatic carbocycles. The van der Waals surface area contributed by atoms with Crippen molar-refractivity contribution in [3.8, 4) is 0 Å². The molecule has 1 aliphatic rings. The molecule has 0 saturated carbocycles. The topological polar surface area (TPSA) is 52.0 Å². The number of rotatable bonds is 2. The Morgan fingerprint density at radius 3 is 2.85 bits per heavy atom. The summed E-state index contributed by atoms with van der Waals surface area (Å²) in [6.45, 7) is 0.349. The van der Waals surface area contributed by atoms with Crippen molar-refractivity contribution in [2.45, 2.75) is 25.8 Å². The molecule has 0 radical (unpaired) electrons. The highest BCUT2D eigenvalue weighted by Crippen LogP contribution is 2.21. The van der Waals surface area contributed by atoms with E-state index in [2.05, 4.69) is 4.98 Å². The lowest BCUT2D eigenvalue weighted by Gasteiger charge is -2.20. The third kappa shape index (κ3) is 2.27. The predicted molar refractivity (Wildman–Crippen MR) is 76.3 cm³/mol. The van der Waals surface area contributed by atoms with Gasteiger partial charge < -0.3 is 4.57 Å². The van der Waals surface area contributed by atoms with E-state index in [-0.39, 0.29) is 11.3 Å². The summed E-state index contributed by atoms with van der Waals surface area (Å²) >= 11 is 6.04. The number of carbonyl (C=O) groups excluding carboxylic acids is 1. The largest absolute Gasteiger partial charge is 0.307 e. The van der Waals surface area contributed by atoms with Crippen molar-refractivity contribution in [1.82, 2.24) is 9.55 Å². The van der Waals surface area contributed by atoms with Crippen LogP contribution in [0, 0.1) is 0 Å². The Bertz CT molecular complexity index is 737. The van der Waals surface area contributed by atoms with Crippen LogP contribution in [0.2, 0.25) is 5.15 Å². The second-order valence-electron chi connectivity index (χ2n) is 4.85. The highest BCUT2D eigenvalue weighted by Gasteiger charge is 2.21. The maximum absolute atomic E-state index is 12.1. The standard InChI is InChI=1S/C15H13ClN2O2/c16-15-10(3-2-8-17-15)9-18-12-4-1-5-13(19)11(12)6-7-14(18)20/h2-3,6-8H,1,4-5,9H2. The average Bonchev–Trinajstić information content (AvgIpc) is 2.44. The van der Waals surface area contributed by atoms with Crippen LogP contribution < -0.4 is 5.56 Å². The zero-order valence-electron chi connectivity index (χ0n) is 10.8. The molecule has 0 bridgehead atoms. The van der Waals surface area contributed by atoms with Crippen LogP contribution in [0.15, 0.2) is 35.3 Å². The summed E-state index contributed by atoms with van der Waals surface area (Å²) in [7, 11) is 0. The molecular weight excluding hydrogens is 276 g/mol. The van der Waals surface area contributed by atoms with Gasteiger partial charge in [-0.15, -0.1) is 0 Å². The van der Waals surface area contributed by atoms with Crippen LogP contribution in [0.1, 0.15) is 34.5 Å². The van der Waals surface area contributed by atoms with Crippen molar-refractivity contribution in [3.63, 3.8) is 0 Å². The minimum atomic E-state index is -0.113. The summed E-state index contributed by atoms with van der Waals surface area (Å²) in [5.74, 6) is 0.109. The molecule has 102 valence electrons. The second kappa shape index (κ2) is 5.21. The molecule has 20 heavy (non-hydrogen) atoms. The molecule has 0 atom stereocenters. The van der Waals surface area contributed by atoms with E-state index < -0.39 is 0 Å². The molecule has 0 aliphatic heterocycles. The van der Waals surface area contributed by atoms with Crippen LogP contribution in [0.3, 0.4) is 0 Å². The Labute approximate surface area is 121 Å². The zero-order valence-corrected chi connectivity index (χ0v) is 11.6. The van der Waals surface area contributed by atoms with Crippen molar-refractivity contribution >= 4 is 17.4 Å². The van der Waals surface area contributed by atoms with Gasteiger partial charge in [0.15, 0.2) is 5.78 Å². The van der Waals surface area contributed by atoms with Crippen LogP contribution >= 0.6 is 11.6 Å². The Balaban J connectivity index is 2.10. The van der Waals surface area contributed by atoms with Crippen molar-refractivity contribution in [1.29, 1.82) is 0 Å². The summed E-state index contributed by atoms with van der Waals surface area (Å²) in [4.78, 5) is 28.0. The van der Waals surface area contributed by atoms with Crippen molar-refractivity contribution in [2.24, 2.45) is 0 Å². The second-order valence-corrected chi connectivity index (χ2v) is 5.21. The Morgan fingerprint density at radius 2 is 2.05 bits per heavy atom. The maximum Gasteiger partial charge on any atom is 0.251 e. The van der Waals surface area contributed by atoms with Crippen molar-refractivity contribution in [3.05, 3.63) is 62.8 Å². The van der Waals surface area contributed by atoms with Crippen LogP contribution in [0.5, 0.6) is 0 Å². The number of hydrogen-bond acceptors (Lipinski definition) is 3. The Hall–Kier alpha value is -1.94. The number of halogens is 1. The molecule has 2 heterocycles. The van der Waals surface area contributed by atoms with Gasteiger partial charge in [0.1, 0.15) is 5.15 Å². The summed E-state index contributed by atoms with van der Waals surface area (Å²) in [5, 5.41) is 0.388. The maximum atomic E-state index is 12.1. The average molecular weight is 289 g/mol. The van der Waals surface area contributed by atoms with E-state index in [1.165, 1.54) is 6.07 Å². The fourth-order valence-corrected chi connectivity index (χ4v) is 2.75. The normalized spacial score (nSPS) is 14.2. The quantitative estimate of drug-likeness (QED) is 0.798. The molecule has 0 saturated heterocycles. The third-order valence-corrected chi connectivity index (χ3v) is 3.92. The number of fused-ring (bicyclic) bond motifs is 1. The van der Waals surface area contributed by atoms with Gasteiger partial charge in [0.05, 0.1) is 6.54 Å². The first-order chi connectivity index (χ1) is 9.66. The molecule has 2 aromatic rings. The van der Waals surface area contributed by atoms with Crippen LogP contribution in [-0.2, 0) is 13.0 Å². The molecule has 0 amide bonds. The smallest absolute Gasteiger partial charge is 0.251 e. The highest BCUT2D eigenvalue weighted by molar-refractivity contribution is 6.30. The first-order valence-corrected chi connectivity index (χ1v) is 6.90. The van der Waals surface area contributed by atoms with Crippen LogP contribution in [-0.4, -0.2) is 15.3 Å². The summed E-state index contributed by atoms with van der Waals surface area (Å²) in [6.07, 6.45) is 3.70. The van der Waals surface area contributed by atoms with Gasteiger partial charge >= 0.3 is 0 Å². The number of aromatic nitrogens is 2. The van der Waals surface area contributed by atoms with E-state index in [9.17, 15) is 9.59 Å². The summed E-state index contributed by atoms with van der Waals surface area (Å²) in [6, 6.07) is 6.71. The van der Waals surface area contributed by atoms with Gasteiger partial charge in [0.2, 0.25) is 0 Å². The van der Waals surface area contributed by atoms with Crippen LogP contribution in [0.4, 0.5) is 0 Å². The number of pyridine rings is 2. The van der Waals surface area contributed by atoms with Gasteiger partial charge in [-0.25, -0.2) is 4.98 Å². The van der Waals surface area contributed by atoms with E-state index in [0.29, 0.717) is 23.7 Å². The lowest BCUT2D eigenvalue weighted by Crippen LogP contribution is -2.28. The fraction of sp³-hybridized carbons (Fsp3) is 0.267. The first kappa shape index (κ1) is 13.1. The predicted octanol–water partition coefficient (Wildman–Crippen LogP) is 2.46. The van der Waals surface area contributed by atoms with E-state index in [0.717, 1.165) is 24.1 Å². The van der Waals surface area contributed by atoms with E-state index in [1.807, 2.05) is 6.07 Å². The van der Waals surface area contributed by atoms with Crippen molar-refractivity contribution in [2.75, 3.05) is 0 Å². The highest BCUT2D eigenvalue weighted by atomic mass is 35.5. The van der Waals surface area contributed by atoms with E-state index in [1.54, 1.807) is 22.9 Å². The Morgan fingerprint density at radius 1 is 1.20 bits per heavy atom. The molecule has 5 heteroatoms. The number of hydrogen-bond donors (Lipinski definition) is 0. The van der Waals surface area contributed by atoms with Gasteiger partial charge in [-0.3, -0.25) is 9.59 Å². The fourth-order valence-electron chi connectivity index (χ4n) is 2.57. The van der Waals surface area contributed by atoms with Gasteiger partial charge in [0, 0.05) is 35.5 Å². The molecule has 0 N–H and O–H groups in total. The van der Waals surface area contributed by atoms with Gasteiger partial charge in [-0.2, -0.15) is 0 Å². The summed E-state index contributed by atoms with van der Waals surface area (Å²) < 4.78 is 1.63.